The van der Waals surface area contributed by atoms with Crippen molar-refractivity contribution in [3.05, 3.63) is 23.4 Å². The molecule has 4 nitrogen and oxygen atoms in total. The van der Waals surface area contributed by atoms with Crippen molar-refractivity contribution in [2.45, 2.75) is 33.3 Å². The molecule has 0 aliphatic carbocycles. The van der Waals surface area contributed by atoms with E-state index >= 15 is 0 Å². The van der Waals surface area contributed by atoms with Gasteiger partial charge in [0.2, 0.25) is 0 Å². The molecule has 0 amide bonds. The first-order chi connectivity index (χ1) is 8.22. The van der Waals surface area contributed by atoms with Gasteiger partial charge in [-0.3, -0.25) is 0 Å². The number of hydrogen-bond donors (Lipinski definition) is 2. The number of aryl methyl sites for hydroxylation is 1. The number of pyridine rings is 1. The molecule has 0 saturated heterocycles. The van der Waals surface area contributed by atoms with E-state index in [1.807, 2.05) is 13.0 Å². The predicted molar refractivity (Wildman–Crippen MR) is 69.1 cm³/mol. The van der Waals surface area contributed by atoms with Gasteiger partial charge in [-0.25, -0.2) is 4.98 Å². The highest BCUT2D eigenvalue weighted by Gasteiger charge is 2.10. The Morgan fingerprint density at radius 3 is 2.59 bits per heavy atom. The molecule has 0 bridgehead atoms. The lowest BCUT2D eigenvalue weighted by Crippen LogP contribution is -2.29. The molecule has 0 aliphatic rings. The normalized spacial score (nSPS) is 10.6. The largest absolute Gasteiger partial charge is 0.395 e. The lowest BCUT2D eigenvalue weighted by molar-refractivity contribution is 0.281. The third-order valence-corrected chi connectivity index (χ3v) is 2.74. The van der Waals surface area contributed by atoms with Gasteiger partial charge in [0, 0.05) is 19.3 Å². The summed E-state index contributed by atoms with van der Waals surface area (Å²) in [7, 11) is 0. The van der Waals surface area contributed by atoms with Gasteiger partial charge in [-0.2, -0.15) is 0 Å². The van der Waals surface area contributed by atoms with Gasteiger partial charge in [0.15, 0.2) is 0 Å². The molecular formula is C13H22N2O2. The van der Waals surface area contributed by atoms with Crippen molar-refractivity contribution >= 4 is 5.82 Å². The molecule has 1 aromatic heterocycles. The molecule has 0 atom stereocenters. The Hall–Kier alpha value is -1.13. The van der Waals surface area contributed by atoms with Crippen LogP contribution in [0.2, 0.25) is 0 Å². The number of anilines is 1. The maximum absolute atomic E-state index is 9.08. The molecule has 0 aromatic carbocycles. The fourth-order valence-electron chi connectivity index (χ4n) is 1.84. The van der Waals surface area contributed by atoms with Crippen LogP contribution in [0.5, 0.6) is 0 Å². The summed E-state index contributed by atoms with van der Waals surface area (Å²) in [5.74, 6) is 0.907. The van der Waals surface area contributed by atoms with Crippen LogP contribution in [0.1, 0.15) is 30.9 Å². The lowest BCUT2D eigenvalue weighted by atomic mass is 10.2. The predicted octanol–water partition coefficient (Wildman–Crippen LogP) is 1.48. The summed E-state index contributed by atoms with van der Waals surface area (Å²) in [6, 6.07) is 1.94. The molecule has 0 saturated carbocycles. The van der Waals surface area contributed by atoms with E-state index in [0.29, 0.717) is 6.54 Å². The van der Waals surface area contributed by atoms with Crippen LogP contribution in [0.4, 0.5) is 5.82 Å². The number of aliphatic hydroxyl groups excluding tert-OH is 2. The Labute approximate surface area is 103 Å². The van der Waals surface area contributed by atoms with Gasteiger partial charge in [-0.15, -0.1) is 0 Å². The zero-order chi connectivity index (χ0) is 12.7. The van der Waals surface area contributed by atoms with Crippen LogP contribution in [-0.4, -0.2) is 34.9 Å². The summed E-state index contributed by atoms with van der Waals surface area (Å²) in [4.78, 5) is 6.47. The van der Waals surface area contributed by atoms with Crippen molar-refractivity contribution in [1.29, 1.82) is 0 Å². The van der Waals surface area contributed by atoms with Crippen LogP contribution in [-0.2, 0) is 6.61 Å². The van der Waals surface area contributed by atoms with E-state index < -0.39 is 0 Å². The fourth-order valence-corrected chi connectivity index (χ4v) is 1.84. The molecule has 0 spiro atoms. The van der Waals surface area contributed by atoms with Crippen molar-refractivity contribution in [3.63, 3.8) is 0 Å². The van der Waals surface area contributed by atoms with Gasteiger partial charge in [0.1, 0.15) is 5.82 Å². The molecular weight excluding hydrogens is 216 g/mol. The summed E-state index contributed by atoms with van der Waals surface area (Å²) >= 11 is 0. The van der Waals surface area contributed by atoms with Gasteiger partial charge >= 0.3 is 0 Å². The number of hydrogen-bond acceptors (Lipinski definition) is 4. The van der Waals surface area contributed by atoms with Crippen molar-refractivity contribution < 1.29 is 10.2 Å². The van der Waals surface area contributed by atoms with Gasteiger partial charge in [-0.05, 0) is 30.5 Å². The molecule has 17 heavy (non-hydrogen) atoms. The SMILES string of the molecule is CCCCN(CCO)c1ncc(CO)cc1C. The van der Waals surface area contributed by atoms with Crippen LogP contribution in [0, 0.1) is 6.92 Å². The van der Waals surface area contributed by atoms with Gasteiger partial charge in [-0.1, -0.05) is 13.3 Å². The second kappa shape index (κ2) is 7.25. The maximum atomic E-state index is 9.08. The minimum absolute atomic E-state index is 0.0169. The Morgan fingerprint density at radius 1 is 1.29 bits per heavy atom. The molecule has 4 heteroatoms. The molecule has 1 heterocycles. The summed E-state index contributed by atoms with van der Waals surface area (Å²) in [6.07, 6.45) is 3.90. The summed E-state index contributed by atoms with van der Waals surface area (Å²) in [6.45, 7) is 5.79. The highest BCUT2D eigenvalue weighted by molar-refractivity contribution is 5.47. The third-order valence-electron chi connectivity index (χ3n) is 2.74. The molecule has 1 aromatic rings. The molecule has 0 radical (unpaired) electrons. The van der Waals surface area contributed by atoms with Crippen molar-refractivity contribution in [1.82, 2.24) is 4.98 Å². The first kappa shape index (κ1) is 13.9. The van der Waals surface area contributed by atoms with E-state index in [2.05, 4.69) is 16.8 Å². The summed E-state index contributed by atoms with van der Waals surface area (Å²) in [5.41, 5.74) is 1.87. The standard InChI is InChI=1S/C13H22N2O2/c1-3-4-5-15(6-7-16)13-11(2)8-12(10-17)9-14-13/h8-9,16-17H,3-7,10H2,1-2H3. The first-order valence-corrected chi connectivity index (χ1v) is 6.15. The number of aliphatic hydroxyl groups is 2. The van der Waals surface area contributed by atoms with E-state index in [0.717, 1.165) is 36.3 Å². The number of unbranched alkanes of at least 4 members (excludes halogenated alkanes) is 1. The number of rotatable bonds is 7. The second-order valence-corrected chi connectivity index (χ2v) is 4.21. The average molecular weight is 238 g/mol. The zero-order valence-corrected chi connectivity index (χ0v) is 10.7. The molecule has 96 valence electrons. The quantitative estimate of drug-likeness (QED) is 0.755. The highest BCUT2D eigenvalue weighted by atomic mass is 16.3. The van der Waals surface area contributed by atoms with Crippen molar-refractivity contribution in [2.24, 2.45) is 0 Å². The second-order valence-electron chi connectivity index (χ2n) is 4.21. The van der Waals surface area contributed by atoms with Crippen molar-refractivity contribution in [2.75, 3.05) is 24.6 Å². The van der Waals surface area contributed by atoms with E-state index in [-0.39, 0.29) is 13.2 Å². The highest BCUT2D eigenvalue weighted by Crippen LogP contribution is 2.18. The number of aromatic nitrogens is 1. The van der Waals surface area contributed by atoms with Gasteiger partial charge in [0.25, 0.3) is 0 Å². The smallest absolute Gasteiger partial charge is 0.131 e. The lowest BCUT2D eigenvalue weighted by Gasteiger charge is -2.24. The average Bonchev–Trinajstić information content (AvgIpc) is 2.34. The first-order valence-electron chi connectivity index (χ1n) is 6.15. The molecule has 0 fully saturated rings. The van der Waals surface area contributed by atoms with Gasteiger partial charge in [0.05, 0.1) is 13.2 Å². The van der Waals surface area contributed by atoms with E-state index in [4.69, 9.17) is 10.2 Å². The van der Waals surface area contributed by atoms with Crippen LogP contribution in [0.25, 0.3) is 0 Å². The van der Waals surface area contributed by atoms with E-state index in [1.54, 1.807) is 6.20 Å². The van der Waals surface area contributed by atoms with Crippen LogP contribution < -0.4 is 4.90 Å². The third kappa shape index (κ3) is 3.98. The Balaban J connectivity index is 2.85. The Morgan fingerprint density at radius 2 is 2.06 bits per heavy atom. The van der Waals surface area contributed by atoms with Crippen LogP contribution >= 0.6 is 0 Å². The summed E-state index contributed by atoms with van der Waals surface area (Å²) < 4.78 is 0. The topological polar surface area (TPSA) is 56.6 Å². The van der Waals surface area contributed by atoms with E-state index in [9.17, 15) is 0 Å². The Kier molecular flexibility index (Phi) is 5.94. The van der Waals surface area contributed by atoms with Gasteiger partial charge < -0.3 is 15.1 Å². The molecule has 1 rings (SSSR count). The molecule has 0 unspecified atom stereocenters. The van der Waals surface area contributed by atoms with E-state index in [1.165, 1.54) is 0 Å². The number of nitrogens with zero attached hydrogens (tertiary/aromatic N) is 2. The van der Waals surface area contributed by atoms with Crippen molar-refractivity contribution in [3.8, 4) is 0 Å². The van der Waals surface area contributed by atoms with Crippen LogP contribution in [0.3, 0.4) is 0 Å². The molecule has 0 aliphatic heterocycles. The minimum Gasteiger partial charge on any atom is -0.395 e. The Bertz CT molecular complexity index is 342. The summed E-state index contributed by atoms with van der Waals surface area (Å²) in [5, 5.41) is 18.1. The monoisotopic (exact) mass is 238 g/mol. The maximum Gasteiger partial charge on any atom is 0.131 e. The van der Waals surface area contributed by atoms with Crippen LogP contribution in [0.15, 0.2) is 12.3 Å². The minimum atomic E-state index is 0.0169. The fraction of sp³-hybridized carbons (Fsp3) is 0.615. The zero-order valence-electron chi connectivity index (χ0n) is 10.7. The molecule has 2 N–H and O–H groups in total.